The molecule has 0 saturated carbocycles. The highest BCUT2D eigenvalue weighted by Gasteiger charge is 2.31. The average molecular weight is 399 g/mol. The van der Waals surface area contributed by atoms with Crippen LogP contribution >= 0.6 is 0 Å². The van der Waals surface area contributed by atoms with Crippen LogP contribution in [-0.2, 0) is 17.6 Å². The van der Waals surface area contributed by atoms with Gasteiger partial charge in [-0.15, -0.1) is 0 Å². The Morgan fingerprint density at radius 3 is 2.43 bits per heavy atom. The monoisotopic (exact) mass is 399 g/mol. The van der Waals surface area contributed by atoms with Crippen LogP contribution < -0.4 is 15.5 Å². The van der Waals surface area contributed by atoms with Gasteiger partial charge in [-0.1, -0.05) is 66.7 Å². The van der Waals surface area contributed by atoms with Gasteiger partial charge < -0.3 is 15.5 Å². The Morgan fingerprint density at radius 1 is 0.933 bits per heavy atom. The lowest BCUT2D eigenvalue weighted by Crippen LogP contribution is -2.50. The maximum Gasteiger partial charge on any atom is 0.319 e. The van der Waals surface area contributed by atoms with Crippen molar-refractivity contribution in [2.45, 2.75) is 25.8 Å². The van der Waals surface area contributed by atoms with Gasteiger partial charge >= 0.3 is 6.03 Å². The molecule has 3 amide bonds. The zero-order chi connectivity index (χ0) is 20.9. The third-order valence-corrected chi connectivity index (χ3v) is 5.43. The Morgan fingerprint density at radius 2 is 1.63 bits per heavy atom. The molecule has 1 unspecified atom stereocenters. The first-order valence-corrected chi connectivity index (χ1v) is 10.2. The third-order valence-electron chi connectivity index (χ3n) is 5.43. The maximum atomic E-state index is 13.5. The van der Waals surface area contributed by atoms with E-state index >= 15 is 0 Å². The fraction of sp³-hybridized carbons (Fsp3) is 0.200. The number of hydrogen-bond donors (Lipinski definition) is 2. The second-order valence-electron chi connectivity index (χ2n) is 7.52. The minimum absolute atomic E-state index is 0.0938. The van der Waals surface area contributed by atoms with E-state index in [1.165, 1.54) is 0 Å². The van der Waals surface area contributed by atoms with E-state index in [-0.39, 0.29) is 11.9 Å². The van der Waals surface area contributed by atoms with Crippen LogP contribution in [0, 0.1) is 6.92 Å². The lowest BCUT2D eigenvalue weighted by Gasteiger charge is -2.25. The van der Waals surface area contributed by atoms with Gasteiger partial charge in [0.2, 0.25) is 5.91 Å². The second-order valence-corrected chi connectivity index (χ2v) is 7.52. The van der Waals surface area contributed by atoms with Gasteiger partial charge in [0.05, 0.1) is 0 Å². The molecule has 1 heterocycles. The summed E-state index contributed by atoms with van der Waals surface area (Å²) in [6, 6.07) is 24.2. The number of rotatable bonds is 5. The molecule has 0 saturated heterocycles. The van der Waals surface area contributed by atoms with Crippen LogP contribution in [0.25, 0.3) is 0 Å². The maximum absolute atomic E-state index is 13.5. The second kappa shape index (κ2) is 8.82. The van der Waals surface area contributed by atoms with Gasteiger partial charge in [0, 0.05) is 24.3 Å². The predicted octanol–water partition coefficient (Wildman–Crippen LogP) is 4.32. The van der Waals surface area contributed by atoms with Gasteiger partial charge in [0.25, 0.3) is 0 Å². The van der Waals surface area contributed by atoms with E-state index < -0.39 is 6.04 Å². The van der Waals surface area contributed by atoms with Crippen LogP contribution in [0.1, 0.15) is 16.7 Å². The Bertz CT molecular complexity index is 1050. The molecule has 3 aromatic rings. The van der Waals surface area contributed by atoms with Crippen molar-refractivity contribution in [2.24, 2.45) is 0 Å². The summed E-state index contributed by atoms with van der Waals surface area (Å²) in [5.41, 5.74) is 4.79. The van der Waals surface area contributed by atoms with Gasteiger partial charge in [-0.2, -0.15) is 0 Å². The van der Waals surface area contributed by atoms with E-state index in [0.717, 1.165) is 34.5 Å². The lowest BCUT2D eigenvalue weighted by molar-refractivity contribution is -0.120. The highest BCUT2D eigenvalue weighted by Crippen LogP contribution is 2.28. The first-order chi connectivity index (χ1) is 14.6. The van der Waals surface area contributed by atoms with Crippen molar-refractivity contribution in [3.05, 3.63) is 95.6 Å². The van der Waals surface area contributed by atoms with E-state index in [0.29, 0.717) is 13.0 Å². The first-order valence-electron chi connectivity index (χ1n) is 10.2. The predicted molar refractivity (Wildman–Crippen MR) is 120 cm³/mol. The summed E-state index contributed by atoms with van der Waals surface area (Å²) in [7, 11) is 0. The number of anilines is 2. The van der Waals surface area contributed by atoms with Crippen LogP contribution in [0.4, 0.5) is 16.2 Å². The average Bonchev–Trinajstić information content (AvgIpc) is 3.19. The molecule has 152 valence electrons. The van der Waals surface area contributed by atoms with Crippen LogP contribution in [0.2, 0.25) is 0 Å². The van der Waals surface area contributed by atoms with E-state index in [1.807, 2.05) is 85.8 Å². The van der Waals surface area contributed by atoms with Crippen LogP contribution in [0.5, 0.6) is 0 Å². The van der Waals surface area contributed by atoms with Gasteiger partial charge in [-0.3, -0.25) is 4.79 Å². The molecule has 5 heteroatoms. The molecule has 1 atom stereocenters. The molecule has 0 aliphatic carbocycles. The first kappa shape index (κ1) is 19.7. The van der Waals surface area contributed by atoms with Gasteiger partial charge in [-0.05, 0) is 42.2 Å². The molecular weight excluding hydrogens is 374 g/mol. The molecule has 30 heavy (non-hydrogen) atoms. The normalized spacial score (nSPS) is 13.4. The van der Waals surface area contributed by atoms with Crippen molar-refractivity contribution < 1.29 is 9.59 Å². The minimum atomic E-state index is -0.664. The number of urea groups is 1. The van der Waals surface area contributed by atoms with Gasteiger partial charge in [-0.25, -0.2) is 4.79 Å². The number of para-hydroxylation sites is 2. The van der Waals surface area contributed by atoms with Crippen LogP contribution in [-0.4, -0.2) is 24.5 Å². The van der Waals surface area contributed by atoms with E-state index in [1.54, 1.807) is 4.90 Å². The molecule has 4 rings (SSSR count). The van der Waals surface area contributed by atoms with E-state index in [9.17, 15) is 9.59 Å². The highest BCUT2D eigenvalue weighted by molar-refractivity contribution is 6.02. The van der Waals surface area contributed by atoms with E-state index in [2.05, 4.69) is 10.6 Å². The zero-order valence-corrected chi connectivity index (χ0v) is 17.0. The fourth-order valence-electron chi connectivity index (χ4n) is 3.83. The number of benzene rings is 3. The molecule has 0 fully saturated rings. The van der Waals surface area contributed by atoms with Crippen LogP contribution in [0.15, 0.2) is 78.9 Å². The smallest absolute Gasteiger partial charge is 0.319 e. The quantitative estimate of drug-likeness (QED) is 0.671. The topological polar surface area (TPSA) is 61.4 Å². The Kier molecular flexibility index (Phi) is 5.80. The van der Waals surface area contributed by atoms with Crippen molar-refractivity contribution in [1.29, 1.82) is 0 Å². The van der Waals surface area contributed by atoms with Crippen molar-refractivity contribution in [3.8, 4) is 0 Å². The summed E-state index contributed by atoms with van der Waals surface area (Å²) < 4.78 is 0. The molecule has 1 aliphatic heterocycles. The van der Waals surface area contributed by atoms with Gasteiger partial charge in [0.1, 0.15) is 6.04 Å². The Labute approximate surface area is 176 Å². The Balaban J connectivity index is 1.54. The molecule has 0 spiro atoms. The number of nitrogens with zero attached hydrogens (tertiary/aromatic N) is 1. The Hall–Kier alpha value is -3.60. The fourth-order valence-corrected chi connectivity index (χ4v) is 3.83. The summed E-state index contributed by atoms with van der Waals surface area (Å²) in [5.74, 6) is -0.0938. The highest BCUT2D eigenvalue weighted by atomic mass is 16.2. The molecule has 0 bridgehead atoms. The number of aryl methyl sites for hydroxylation is 1. The van der Waals surface area contributed by atoms with Crippen molar-refractivity contribution in [2.75, 3.05) is 16.8 Å². The number of nitrogens with one attached hydrogen (secondary N) is 2. The zero-order valence-electron chi connectivity index (χ0n) is 17.0. The number of hydrogen-bond acceptors (Lipinski definition) is 2. The number of amides is 3. The summed E-state index contributed by atoms with van der Waals surface area (Å²) in [6.07, 6.45) is 1.26. The molecule has 5 nitrogen and oxygen atoms in total. The molecule has 0 radical (unpaired) electrons. The summed E-state index contributed by atoms with van der Waals surface area (Å²) in [5, 5.41) is 5.78. The van der Waals surface area contributed by atoms with Crippen molar-refractivity contribution >= 4 is 23.3 Å². The summed E-state index contributed by atoms with van der Waals surface area (Å²) in [6.45, 7) is 2.56. The molecular formula is C25H25N3O2. The summed E-state index contributed by atoms with van der Waals surface area (Å²) >= 11 is 0. The lowest BCUT2D eigenvalue weighted by atomic mass is 10.0. The minimum Gasteiger partial charge on any atom is -0.326 e. The molecule has 0 aromatic heterocycles. The third kappa shape index (κ3) is 4.35. The van der Waals surface area contributed by atoms with Gasteiger partial charge in [0.15, 0.2) is 0 Å². The number of fused-ring (bicyclic) bond motifs is 1. The molecule has 2 N–H and O–H groups in total. The molecule has 3 aromatic carbocycles. The van der Waals surface area contributed by atoms with Crippen LogP contribution in [0.3, 0.4) is 0 Å². The van der Waals surface area contributed by atoms with E-state index in [4.69, 9.17) is 0 Å². The largest absolute Gasteiger partial charge is 0.326 e. The number of carbonyl (C=O) groups excluding carboxylic acids is 2. The molecule has 1 aliphatic rings. The number of carbonyl (C=O) groups is 2. The van der Waals surface area contributed by atoms with Crippen molar-refractivity contribution in [3.63, 3.8) is 0 Å². The summed E-state index contributed by atoms with van der Waals surface area (Å²) in [4.78, 5) is 28.0. The van der Waals surface area contributed by atoms with Crippen molar-refractivity contribution in [1.82, 2.24) is 5.32 Å². The SMILES string of the molecule is Cc1ccccc1NC(=O)NC(Cc1ccccc1)C(=O)N1CCc2ccccc21. The standard InChI is InChI=1S/C25H25N3O2/c1-18-9-5-7-13-21(18)26-25(30)27-22(17-19-10-3-2-4-11-19)24(29)28-16-15-20-12-6-8-14-23(20)28/h2-14,22H,15-17H2,1H3,(H2,26,27,30).